The largest absolute Gasteiger partial charge is 0.449 e. The highest BCUT2D eigenvalue weighted by Crippen LogP contribution is 2.26. The lowest BCUT2D eigenvalue weighted by Gasteiger charge is -1.98. The van der Waals surface area contributed by atoms with Crippen molar-refractivity contribution in [3.05, 3.63) is 46.0 Å². The molecule has 8 heteroatoms. The number of nitrogens with zero attached hydrogens (tertiary/aromatic N) is 3. The van der Waals surface area contributed by atoms with Crippen LogP contribution in [0.15, 0.2) is 43.3 Å². The summed E-state index contributed by atoms with van der Waals surface area (Å²) in [6, 6.07) is 7.49. The third-order valence-electron chi connectivity index (χ3n) is 2.95. The second-order valence-corrected chi connectivity index (χ2v) is 6.34. The van der Waals surface area contributed by atoms with E-state index in [2.05, 4.69) is 20.2 Å². The van der Waals surface area contributed by atoms with Gasteiger partial charge in [-0.2, -0.15) is 0 Å². The van der Waals surface area contributed by atoms with Gasteiger partial charge < -0.3 is 9.40 Å². The van der Waals surface area contributed by atoms with Crippen molar-refractivity contribution in [2.45, 2.75) is 10.1 Å². The van der Waals surface area contributed by atoms with E-state index >= 15 is 0 Å². The first kappa shape index (κ1) is 12.5. The molecule has 0 bridgehead atoms. The van der Waals surface area contributed by atoms with Gasteiger partial charge in [0, 0.05) is 5.39 Å². The summed E-state index contributed by atoms with van der Waals surface area (Å²) >= 11 is 2.94. The second-order valence-electron chi connectivity index (χ2n) is 4.28. The smallest absolute Gasteiger partial charge is 0.294 e. The van der Waals surface area contributed by atoms with Crippen molar-refractivity contribution in [2.24, 2.45) is 0 Å². The summed E-state index contributed by atoms with van der Waals surface area (Å²) in [5.74, 6) is 1.12. The third kappa shape index (κ3) is 2.22. The van der Waals surface area contributed by atoms with Crippen LogP contribution >= 0.6 is 23.1 Å². The average molecular weight is 316 g/mol. The fourth-order valence-electron chi connectivity index (χ4n) is 2.07. The predicted molar refractivity (Wildman–Crippen MR) is 81.6 cm³/mol. The van der Waals surface area contributed by atoms with E-state index in [0.29, 0.717) is 22.7 Å². The first-order valence-electron chi connectivity index (χ1n) is 6.10. The maximum Gasteiger partial charge on any atom is 0.294 e. The number of nitrogens with one attached hydrogen (secondary N) is 1. The van der Waals surface area contributed by atoms with E-state index in [1.807, 2.05) is 24.3 Å². The third-order valence-corrected chi connectivity index (χ3v) is 4.82. The molecular formula is C13H8N4O2S2. The number of rotatable bonds is 3. The van der Waals surface area contributed by atoms with Gasteiger partial charge >= 0.3 is 0 Å². The van der Waals surface area contributed by atoms with E-state index in [-0.39, 0.29) is 11.1 Å². The molecule has 0 radical (unpaired) electrons. The Morgan fingerprint density at radius 1 is 1.33 bits per heavy atom. The topological polar surface area (TPSA) is 84.7 Å². The van der Waals surface area contributed by atoms with Gasteiger partial charge in [0.1, 0.15) is 22.4 Å². The number of furan rings is 1. The van der Waals surface area contributed by atoms with Crippen LogP contribution in [0.2, 0.25) is 0 Å². The van der Waals surface area contributed by atoms with E-state index in [1.165, 1.54) is 23.1 Å². The van der Waals surface area contributed by atoms with E-state index in [9.17, 15) is 4.79 Å². The zero-order valence-electron chi connectivity index (χ0n) is 10.6. The van der Waals surface area contributed by atoms with Crippen LogP contribution in [0.25, 0.3) is 22.1 Å². The molecule has 0 spiro atoms. The normalized spacial score (nSPS) is 11.4. The Labute approximate surface area is 126 Å². The van der Waals surface area contributed by atoms with Crippen LogP contribution in [0.5, 0.6) is 0 Å². The minimum atomic E-state index is -0.260. The molecule has 1 aromatic carbocycles. The van der Waals surface area contributed by atoms with Gasteiger partial charge in [0.15, 0.2) is 4.34 Å². The van der Waals surface area contributed by atoms with Gasteiger partial charge in [-0.1, -0.05) is 35.2 Å². The molecular weight excluding hydrogens is 308 g/mol. The van der Waals surface area contributed by atoms with Gasteiger partial charge in [0.05, 0.1) is 5.75 Å². The Kier molecular flexibility index (Phi) is 2.97. The molecule has 0 aliphatic heterocycles. The molecule has 0 fully saturated rings. The van der Waals surface area contributed by atoms with Crippen molar-refractivity contribution in [3.8, 4) is 0 Å². The quantitative estimate of drug-likeness (QED) is 0.585. The molecule has 104 valence electrons. The number of thioether (sulfide) groups is 1. The minimum Gasteiger partial charge on any atom is -0.449 e. The first-order chi connectivity index (χ1) is 10.3. The SMILES string of the molecule is O=c1[nH]c(CSc2nncs2)nc2c1oc1ccccc12. The molecule has 0 aliphatic rings. The monoisotopic (exact) mass is 316 g/mol. The van der Waals surface area contributed by atoms with Gasteiger partial charge in [-0.15, -0.1) is 10.2 Å². The summed E-state index contributed by atoms with van der Waals surface area (Å²) in [5.41, 5.74) is 2.94. The molecule has 0 amide bonds. The van der Waals surface area contributed by atoms with Gasteiger partial charge in [-0.3, -0.25) is 4.79 Å². The molecule has 3 heterocycles. The predicted octanol–water partition coefficient (Wildman–Crippen LogP) is 2.81. The van der Waals surface area contributed by atoms with Crippen LogP contribution in [-0.4, -0.2) is 20.2 Å². The van der Waals surface area contributed by atoms with Crippen LogP contribution in [0.3, 0.4) is 0 Å². The fraction of sp³-hybridized carbons (Fsp3) is 0.0769. The maximum atomic E-state index is 12.1. The zero-order valence-corrected chi connectivity index (χ0v) is 12.2. The number of hydrogen-bond donors (Lipinski definition) is 1. The minimum absolute atomic E-state index is 0.260. The Balaban J connectivity index is 1.80. The number of aromatic amines is 1. The van der Waals surface area contributed by atoms with Crippen molar-refractivity contribution in [3.63, 3.8) is 0 Å². The number of aromatic nitrogens is 4. The molecule has 3 aromatic heterocycles. The number of para-hydroxylation sites is 1. The van der Waals surface area contributed by atoms with Crippen molar-refractivity contribution in [1.82, 2.24) is 20.2 Å². The zero-order chi connectivity index (χ0) is 14.2. The highest BCUT2D eigenvalue weighted by atomic mass is 32.2. The molecule has 0 saturated heterocycles. The van der Waals surface area contributed by atoms with Gasteiger partial charge in [-0.25, -0.2) is 4.98 Å². The van der Waals surface area contributed by atoms with Crippen LogP contribution < -0.4 is 5.56 Å². The molecule has 21 heavy (non-hydrogen) atoms. The lowest BCUT2D eigenvalue weighted by atomic mass is 10.2. The van der Waals surface area contributed by atoms with Crippen LogP contribution in [-0.2, 0) is 5.75 Å². The molecule has 1 N–H and O–H groups in total. The first-order valence-corrected chi connectivity index (χ1v) is 7.97. The highest BCUT2D eigenvalue weighted by Gasteiger charge is 2.13. The van der Waals surface area contributed by atoms with Crippen LogP contribution in [0.4, 0.5) is 0 Å². The number of fused-ring (bicyclic) bond motifs is 3. The van der Waals surface area contributed by atoms with E-state index < -0.39 is 0 Å². The van der Waals surface area contributed by atoms with Crippen molar-refractivity contribution < 1.29 is 4.42 Å². The maximum absolute atomic E-state index is 12.1. The number of hydrogen-bond acceptors (Lipinski definition) is 7. The molecule has 4 aromatic rings. The Morgan fingerprint density at radius 3 is 3.10 bits per heavy atom. The summed E-state index contributed by atoms with van der Waals surface area (Å²) in [4.78, 5) is 19.4. The van der Waals surface area contributed by atoms with Crippen molar-refractivity contribution >= 4 is 45.2 Å². The molecule has 6 nitrogen and oxygen atoms in total. The van der Waals surface area contributed by atoms with E-state index in [1.54, 1.807) is 5.51 Å². The van der Waals surface area contributed by atoms with Gasteiger partial charge in [0.2, 0.25) is 5.58 Å². The highest BCUT2D eigenvalue weighted by molar-refractivity contribution is 8.00. The molecule has 0 unspecified atom stereocenters. The fourth-order valence-corrected chi connectivity index (χ4v) is 3.43. The molecule has 4 rings (SSSR count). The Morgan fingerprint density at radius 2 is 2.24 bits per heavy atom. The van der Waals surface area contributed by atoms with E-state index in [4.69, 9.17) is 4.42 Å². The Bertz CT molecular complexity index is 975. The lowest BCUT2D eigenvalue weighted by molar-refractivity contribution is 0.660. The van der Waals surface area contributed by atoms with Crippen LogP contribution in [0, 0.1) is 0 Å². The average Bonchev–Trinajstić information content (AvgIpc) is 3.13. The Hall–Kier alpha value is -2.19. The van der Waals surface area contributed by atoms with Crippen molar-refractivity contribution in [2.75, 3.05) is 0 Å². The molecule has 0 atom stereocenters. The number of H-pyrrole nitrogens is 1. The molecule has 0 saturated carbocycles. The van der Waals surface area contributed by atoms with Gasteiger partial charge in [-0.05, 0) is 12.1 Å². The van der Waals surface area contributed by atoms with Crippen LogP contribution in [0.1, 0.15) is 5.82 Å². The summed E-state index contributed by atoms with van der Waals surface area (Å²) < 4.78 is 6.40. The summed E-state index contributed by atoms with van der Waals surface area (Å²) in [7, 11) is 0. The summed E-state index contributed by atoms with van der Waals surface area (Å²) in [5, 5.41) is 8.57. The van der Waals surface area contributed by atoms with Gasteiger partial charge in [0.25, 0.3) is 5.56 Å². The summed E-state index contributed by atoms with van der Waals surface area (Å²) in [6.07, 6.45) is 0. The number of benzene rings is 1. The standard InChI is InChI=1S/C13H8N4O2S2/c18-12-11-10(7-3-1-2-4-8(7)19-11)15-9(16-12)5-20-13-17-14-6-21-13/h1-4,6H,5H2,(H,15,16,18). The van der Waals surface area contributed by atoms with E-state index in [0.717, 1.165) is 9.73 Å². The lowest BCUT2D eigenvalue weighted by Crippen LogP contribution is -2.10. The molecule has 0 aliphatic carbocycles. The van der Waals surface area contributed by atoms with Crippen molar-refractivity contribution in [1.29, 1.82) is 0 Å². The summed E-state index contributed by atoms with van der Waals surface area (Å²) in [6.45, 7) is 0. The second kappa shape index (κ2) is 4.97.